The molecule has 7 aromatic rings. The van der Waals surface area contributed by atoms with Crippen molar-refractivity contribution in [2.45, 2.75) is 13.0 Å². The number of benzene rings is 4. The van der Waals surface area contributed by atoms with Gasteiger partial charge in [0, 0.05) is 32.0 Å². The first-order valence-electron chi connectivity index (χ1n) is 12.6. The predicted octanol–water partition coefficient (Wildman–Crippen LogP) is 8.57. The molecule has 1 aliphatic carbocycles. The van der Waals surface area contributed by atoms with Gasteiger partial charge in [-0.05, 0) is 60.5 Å². The summed E-state index contributed by atoms with van der Waals surface area (Å²) in [7, 11) is 0. The zero-order valence-corrected chi connectivity index (χ0v) is 21.8. The molecule has 8 rings (SSSR count). The normalized spacial score (nSPS) is 18.1. The molecule has 0 saturated carbocycles. The molecule has 0 spiro atoms. The van der Waals surface area contributed by atoms with E-state index >= 15 is 0 Å². The Balaban J connectivity index is 1.45. The summed E-state index contributed by atoms with van der Waals surface area (Å²) in [5.41, 5.74) is 8.06. The number of para-hydroxylation sites is 5. The van der Waals surface area contributed by atoms with Crippen LogP contribution in [0.4, 0.5) is 0 Å². The maximum absolute atomic E-state index is 5.07. The van der Waals surface area contributed by atoms with Crippen LogP contribution in [0.25, 0.3) is 55.3 Å². The van der Waals surface area contributed by atoms with Crippen molar-refractivity contribution in [1.29, 1.82) is 0 Å². The summed E-state index contributed by atoms with van der Waals surface area (Å²) in [5, 5.41) is 2.53. The molecule has 4 nitrogen and oxygen atoms in total. The Morgan fingerprint density at radius 1 is 0.730 bits per heavy atom. The monoisotopic (exact) mass is 542 g/mol. The fourth-order valence-electron chi connectivity index (χ4n) is 6.09. The fourth-order valence-corrected chi connectivity index (χ4v) is 6.52. The summed E-state index contributed by atoms with van der Waals surface area (Å²) in [5.74, 6) is 1.33. The van der Waals surface area contributed by atoms with Crippen molar-refractivity contribution in [3.05, 3.63) is 114 Å². The minimum atomic E-state index is 0.240. The molecule has 3 aromatic heterocycles. The Morgan fingerprint density at radius 2 is 1.43 bits per heavy atom. The molecule has 178 valence electrons. The van der Waals surface area contributed by atoms with Crippen molar-refractivity contribution in [2.75, 3.05) is 0 Å². The van der Waals surface area contributed by atoms with E-state index in [9.17, 15) is 0 Å². The fraction of sp³-hybridized carbons (Fsp3) is 0.0938. The molecule has 2 unspecified atom stereocenters. The number of rotatable bonds is 2. The van der Waals surface area contributed by atoms with Gasteiger partial charge in [0.1, 0.15) is 0 Å². The molecule has 0 aliphatic heterocycles. The van der Waals surface area contributed by atoms with Crippen LogP contribution in [0.2, 0.25) is 0 Å². The summed E-state index contributed by atoms with van der Waals surface area (Å²) in [6.07, 6.45) is 6.77. The molecular weight excluding hydrogens is 520 g/mol. The predicted molar refractivity (Wildman–Crippen MR) is 157 cm³/mol. The number of hydrogen-bond acceptors (Lipinski definition) is 1. The van der Waals surface area contributed by atoms with Gasteiger partial charge >= 0.3 is 0 Å². The molecule has 0 saturated heterocycles. The highest BCUT2D eigenvalue weighted by Gasteiger charge is 2.24. The zero-order valence-electron chi connectivity index (χ0n) is 20.2. The zero-order chi connectivity index (χ0) is 24.7. The van der Waals surface area contributed by atoms with Gasteiger partial charge in [0.2, 0.25) is 5.78 Å². The molecule has 3 heterocycles. The van der Waals surface area contributed by atoms with Crippen LogP contribution in [0.5, 0.6) is 0 Å². The Bertz CT molecular complexity index is 2080. The minimum Gasteiger partial charge on any atom is -0.333 e. The summed E-state index contributed by atoms with van der Waals surface area (Å²) < 4.78 is 8.20. The molecular formula is C32H23BrN4. The first kappa shape index (κ1) is 21.0. The number of aromatic nitrogens is 4. The summed E-state index contributed by atoms with van der Waals surface area (Å²) >= 11 is 3.72. The van der Waals surface area contributed by atoms with E-state index in [4.69, 9.17) is 4.98 Å². The lowest BCUT2D eigenvalue weighted by Crippen LogP contribution is -2.15. The van der Waals surface area contributed by atoms with E-state index in [0.717, 1.165) is 38.0 Å². The molecule has 0 radical (unpaired) electrons. The van der Waals surface area contributed by atoms with Gasteiger partial charge in [-0.1, -0.05) is 77.5 Å². The number of allylic oxidation sites excluding steroid dienone is 4. The molecule has 2 atom stereocenters. The second-order valence-corrected chi connectivity index (χ2v) is 10.8. The topological polar surface area (TPSA) is 27.2 Å². The highest BCUT2D eigenvalue weighted by molar-refractivity contribution is 9.11. The standard InChI is InChI=1S/C32H23BrN4/c1-20-14-15-21(33)18-31(20)36-26-10-4-2-8-23(26)24-19-22(16-17-27(24)36)35-29-12-6-7-13-30(29)37-28-11-5-3-9-25(28)34-32(35)37/h2-20,31H,1H3. The third kappa shape index (κ3) is 2.92. The van der Waals surface area contributed by atoms with Crippen LogP contribution in [0, 0.1) is 5.92 Å². The van der Waals surface area contributed by atoms with E-state index in [1.807, 2.05) is 0 Å². The SMILES string of the molecule is CC1C=CC(Br)=CC1n1c2ccccc2c2cc(-n3c4ccccc4n4c5ccccc5nc34)ccc21. The van der Waals surface area contributed by atoms with Gasteiger partial charge in [0.05, 0.1) is 28.1 Å². The van der Waals surface area contributed by atoms with E-state index in [1.165, 1.54) is 21.8 Å². The van der Waals surface area contributed by atoms with Gasteiger partial charge in [-0.25, -0.2) is 4.98 Å². The van der Waals surface area contributed by atoms with Crippen LogP contribution in [0.3, 0.4) is 0 Å². The first-order chi connectivity index (χ1) is 18.2. The number of fused-ring (bicyclic) bond motifs is 8. The second kappa shape index (κ2) is 7.70. The average Bonchev–Trinajstić information content (AvgIpc) is 3.56. The third-order valence-corrected chi connectivity index (χ3v) is 8.31. The number of hydrogen-bond donors (Lipinski definition) is 0. The van der Waals surface area contributed by atoms with Crippen LogP contribution in [-0.2, 0) is 0 Å². The van der Waals surface area contributed by atoms with E-state index in [1.54, 1.807) is 0 Å². The smallest absolute Gasteiger partial charge is 0.220 e. The average molecular weight is 543 g/mol. The number of nitrogens with zero attached hydrogens (tertiary/aromatic N) is 4. The van der Waals surface area contributed by atoms with E-state index < -0.39 is 0 Å². The Hall–Kier alpha value is -4.09. The number of halogens is 1. The maximum atomic E-state index is 5.07. The highest BCUT2D eigenvalue weighted by Crippen LogP contribution is 2.39. The summed E-state index contributed by atoms with van der Waals surface area (Å²) in [6, 6.07) is 32.8. The Labute approximate surface area is 221 Å². The lowest BCUT2D eigenvalue weighted by molar-refractivity contribution is 0.509. The molecule has 0 amide bonds. The molecule has 5 heteroatoms. The molecule has 37 heavy (non-hydrogen) atoms. The third-order valence-electron chi connectivity index (χ3n) is 7.78. The summed E-state index contributed by atoms with van der Waals surface area (Å²) in [6.45, 7) is 2.29. The van der Waals surface area contributed by atoms with Crippen LogP contribution in [-0.4, -0.2) is 18.5 Å². The van der Waals surface area contributed by atoms with Crippen LogP contribution < -0.4 is 0 Å². The van der Waals surface area contributed by atoms with Gasteiger partial charge in [-0.2, -0.15) is 0 Å². The lowest BCUT2D eigenvalue weighted by Gasteiger charge is -2.25. The molecule has 4 aromatic carbocycles. The van der Waals surface area contributed by atoms with Gasteiger partial charge in [-0.15, -0.1) is 0 Å². The Kier molecular flexibility index (Phi) is 4.38. The molecule has 1 aliphatic rings. The Morgan fingerprint density at radius 3 is 2.30 bits per heavy atom. The van der Waals surface area contributed by atoms with Crippen LogP contribution in [0.15, 0.2) is 114 Å². The quantitative estimate of drug-likeness (QED) is 0.215. The van der Waals surface area contributed by atoms with Gasteiger partial charge < -0.3 is 4.57 Å². The lowest BCUT2D eigenvalue weighted by atomic mass is 9.96. The van der Waals surface area contributed by atoms with E-state index in [-0.39, 0.29) is 6.04 Å². The molecule has 0 fully saturated rings. The highest BCUT2D eigenvalue weighted by atomic mass is 79.9. The van der Waals surface area contributed by atoms with Crippen molar-refractivity contribution in [2.24, 2.45) is 5.92 Å². The van der Waals surface area contributed by atoms with E-state index in [2.05, 4.69) is 146 Å². The van der Waals surface area contributed by atoms with Crippen LogP contribution in [0.1, 0.15) is 13.0 Å². The largest absolute Gasteiger partial charge is 0.333 e. The minimum absolute atomic E-state index is 0.240. The van der Waals surface area contributed by atoms with Crippen molar-refractivity contribution in [1.82, 2.24) is 18.5 Å². The second-order valence-electron chi connectivity index (χ2n) is 9.91. The molecule has 0 N–H and O–H groups in total. The maximum Gasteiger partial charge on any atom is 0.220 e. The van der Waals surface area contributed by atoms with Crippen molar-refractivity contribution >= 4 is 65.6 Å². The van der Waals surface area contributed by atoms with E-state index in [0.29, 0.717) is 5.92 Å². The first-order valence-corrected chi connectivity index (χ1v) is 13.4. The van der Waals surface area contributed by atoms with Gasteiger partial charge in [-0.3, -0.25) is 8.97 Å². The van der Waals surface area contributed by atoms with Crippen molar-refractivity contribution in [3.8, 4) is 5.69 Å². The van der Waals surface area contributed by atoms with Crippen molar-refractivity contribution in [3.63, 3.8) is 0 Å². The van der Waals surface area contributed by atoms with Gasteiger partial charge in [0.15, 0.2) is 0 Å². The molecule has 0 bridgehead atoms. The van der Waals surface area contributed by atoms with Crippen LogP contribution >= 0.6 is 15.9 Å². The van der Waals surface area contributed by atoms with Crippen molar-refractivity contribution < 1.29 is 0 Å². The number of imidazole rings is 2. The van der Waals surface area contributed by atoms with Gasteiger partial charge in [0.25, 0.3) is 0 Å². The summed E-state index contributed by atoms with van der Waals surface area (Å²) in [4.78, 5) is 5.07.